The van der Waals surface area contributed by atoms with Crippen molar-refractivity contribution in [3.05, 3.63) is 23.9 Å². The van der Waals surface area contributed by atoms with E-state index in [2.05, 4.69) is 33.6 Å². The van der Waals surface area contributed by atoms with E-state index in [0.29, 0.717) is 6.04 Å². The molecule has 0 aromatic carbocycles. The lowest BCUT2D eigenvalue weighted by Crippen LogP contribution is -2.38. The standard InChI is InChI=1S/C16H24N4O.HI/c1-11-7-14(11)20-16(17-2)19-9-13-5-6-15(18-8-13)21-10-12-3-4-12;/h5-6,8,11-12,14H,3-4,7,9-10H2,1-2H3,(H2,17,19,20);1H. The summed E-state index contributed by atoms with van der Waals surface area (Å²) in [5, 5.41) is 6.72. The number of aliphatic imine (C=N–C) groups is 1. The Morgan fingerprint density at radius 3 is 2.73 bits per heavy atom. The molecule has 122 valence electrons. The van der Waals surface area contributed by atoms with Gasteiger partial charge in [-0.25, -0.2) is 4.98 Å². The SMILES string of the molecule is CN=C(NCc1ccc(OCC2CC2)nc1)NC1CC1C.I. The van der Waals surface area contributed by atoms with Crippen LogP contribution in [0.1, 0.15) is 31.7 Å². The quantitative estimate of drug-likeness (QED) is 0.425. The average Bonchev–Trinajstić information content (AvgIpc) is 3.41. The van der Waals surface area contributed by atoms with Crippen LogP contribution in [0, 0.1) is 11.8 Å². The first-order valence-electron chi connectivity index (χ1n) is 7.79. The van der Waals surface area contributed by atoms with E-state index < -0.39 is 0 Å². The molecule has 0 bridgehead atoms. The largest absolute Gasteiger partial charge is 0.477 e. The number of hydrogen-bond donors (Lipinski definition) is 2. The van der Waals surface area contributed by atoms with Crippen molar-refractivity contribution in [1.82, 2.24) is 15.6 Å². The second-order valence-corrected chi connectivity index (χ2v) is 6.15. The summed E-state index contributed by atoms with van der Waals surface area (Å²) in [5.74, 6) is 3.10. The molecule has 22 heavy (non-hydrogen) atoms. The van der Waals surface area contributed by atoms with Crippen molar-refractivity contribution in [3.8, 4) is 5.88 Å². The molecule has 2 saturated carbocycles. The summed E-state index contributed by atoms with van der Waals surface area (Å²) in [6, 6.07) is 4.57. The van der Waals surface area contributed by atoms with Gasteiger partial charge in [-0.3, -0.25) is 4.99 Å². The highest BCUT2D eigenvalue weighted by Crippen LogP contribution is 2.29. The van der Waals surface area contributed by atoms with E-state index in [0.717, 1.165) is 42.4 Å². The Morgan fingerprint density at radius 1 is 1.41 bits per heavy atom. The summed E-state index contributed by atoms with van der Waals surface area (Å²) >= 11 is 0. The highest BCUT2D eigenvalue weighted by molar-refractivity contribution is 14.0. The number of aromatic nitrogens is 1. The summed E-state index contributed by atoms with van der Waals surface area (Å²) in [6.45, 7) is 3.77. The number of hydrogen-bond acceptors (Lipinski definition) is 3. The van der Waals surface area contributed by atoms with Crippen molar-refractivity contribution >= 4 is 29.9 Å². The lowest BCUT2D eigenvalue weighted by atomic mass is 10.3. The van der Waals surface area contributed by atoms with Crippen LogP contribution in [-0.4, -0.2) is 30.6 Å². The first-order chi connectivity index (χ1) is 10.2. The molecule has 0 saturated heterocycles. The van der Waals surface area contributed by atoms with Crippen LogP contribution < -0.4 is 15.4 Å². The first-order valence-corrected chi connectivity index (χ1v) is 7.79. The van der Waals surface area contributed by atoms with Gasteiger partial charge in [0.1, 0.15) is 0 Å². The molecule has 0 aliphatic heterocycles. The molecule has 1 aromatic heterocycles. The van der Waals surface area contributed by atoms with Gasteiger partial charge in [-0.2, -0.15) is 0 Å². The summed E-state index contributed by atoms with van der Waals surface area (Å²) in [5.41, 5.74) is 1.13. The van der Waals surface area contributed by atoms with Crippen molar-refractivity contribution in [1.29, 1.82) is 0 Å². The summed E-state index contributed by atoms with van der Waals surface area (Å²) in [7, 11) is 1.80. The van der Waals surface area contributed by atoms with Gasteiger partial charge in [-0.05, 0) is 36.7 Å². The number of pyridine rings is 1. The Balaban J connectivity index is 0.00000176. The second-order valence-electron chi connectivity index (χ2n) is 6.15. The normalized spacial score (nSPS) is 23.5. The van der Waals surface area contributed by atoms with Gasteiger partial charge in [0.15, 0.2) is 5.96 Å². The summed E-state index contributed by atoms with van der Waals surface area (Å²) in [6.07, 6.45) is 5.69. The van der Waals surface area contributed by atoms with E-state index in [9.17, 15) is 0 Å². The van der Waals surface area contributed by atoms with Gasteiger partial charge < -0.3 is 15.4 Å². The Hall–Kier alpha value is -1.05. The van der Waals surface area contributed by atoms with Gasteiger partial charge in [0.05, 0.1) is 6.61 Å². The lowest BCUT2D eigenvalue weighted by molar-refractivity contribution is 0.288. The molecular weight excluding hydrogens is 391 g/mol. The number of nitrogens with one attached hydrogen (secondary N) is 2. The molecule has 6 heteroatoms. The monoisotopic (exact) mass is 416 g/mol. The fourth-order valence-corrected chi connectivity index (χ4v) is 2.17. The summed E-state index contributed by atoms with van der Waals surface area (Å²) < 4.78 is 5.64. The Labute approximate surface area is 149 Å². The second kappa shape index (κ2) is 7.99. The zero-order valence-corrected chi connectivity index (χ0v) is 15.5. The van der Waals surface area contributed by atoms with Gasteiger partial charge in [0.25, 0.3) is 0 Å². The van der Waals surface area contributed by atoms with Crippen LogP contribution in [0.2, 0.25) is 0 Å². The van der Waals surface area contributed by atoms with Crippen LogP contribution >= 0.6 is 24.0 Å². The number of rotatable bonds is 6. The maximum atomic E-state index is 5.64. The maximum absolute atomic E-state index is 5.64. The highest BCUT2D eigenvalue weighted by atomic mass is 127. The molecule has 0 amide bonds. The predicted molar refractivity (Wildman–Crippen MR) is 98.8 cm³/mol. The average molecular weight is 416 g/mol. The number of guanidine groups is 1. The Bertz CT molecular complexity index is 501. The van der Waals surface area contributed by atoms with E-state index in [-0.39, 0.29) is 24.0 Å². The van der Waals surface area contributed by atoms with Gasteiger partial charge in [-0.15, -0.1) is 24.0 Å². The lowest BCUT2D eigenvalue weighted by Gasteiger charge is -2.11. The van der Waals surface area contributed by atoms with Crippen LogP contribution in [-0.2, 0) is 6.54 Å². The van der Waals surface area contributed by atoms with Gasteiger partial charge in [-0.1, -0.05) is 13.0 Å². The van der Waals surface area contributed by atoms with Crippen molar-refractivity contribution in [3.63, 3.8) is 0 Å². The molecule has 2 N–H and O–H groups in total. The van der Waals surface area contributed by atoms with Crippen LogP contribution in [0.25, 0.3) is 0 Å². The molecule has 2 fully saturated rings. The first kappa shape index (κ1) is 17.3. The van der Waals surface area contributed by atoms with E-state index in [1.165, 1.54) is 19.3 Å². The van der Waals surface area contributed by atoms with Crippen LogP contribution in [0.3, 0.4) is 0 Å². The van der Waals surface area contributed by atoms with Crippen molar-refractivity contribution < 1.29 is 4.74 Å². The molecule has 0 spiro atoms. The summed E-state index contributed by atoms with van der Waals surface area (Å²) in [4.78, 5) is 8.59. The third-order valence-corrected chi connectivity index (χ3v) is 4.08. The smallest absolute Gasteiger partial charge is 0.213 e. The zero-order valence-electron chi connectivity index (χ0n) is 13.2. The van der Waals surface area contributed by atoms with Crippen molar-refractivity contribution in [2.45, 2.75) is 38.8 Å². The number of halogens is 1. The number of ether oxygens (including phenoxy) is 1. The molecule has 2 aliphatic rings. The highest BCUT2D eigenvalue weighted by Gasteiger charge is 2.33. The van der Waals surface area contributed by atoms with E-state index >= 15 is 0 Å². The molecule has 1 aromatic rings. The third kappa shape index (κ3) is 5.30. The van der Waals surface area contributed by atoms with E-state index in [1.807, 2.05) is 12.3 Å². The maximum Gasteiger partial charge on any atom is 0.213 e. The molecule has 1 heterocycles. The van der Waals surface area contributed by atoms with Crippen molar-refractivity contribution in [2.24, 2.45) is 16.8 Å². The molecule has 2 aliphatic carbocycles. The molecule has 3 rings (SSSR count). The van der Waals surface area contributed by atoms with E-state index in [1.54, 1.807) is 7.05 Å². The minimum Gasteiger partial charge on any atom is -0.477 e. The van der Waals surface area contributed by atoms with Crippen molar-refractivity contribution in [2.75, 3.05) is 13.7 Å². The molecular formula is C16H25IN4O. The molecule has 2 unspecified atom stereocenters. The van der Waals surface area contributed by atoms with Crippen LogP contribution in [0.4, 0.5) is 0 Å². The predicted octanol–water partition coefficient (Wildman–Crippen LogP) is 2.56. The number of nitrogens with zero attached hydrogens (tertiary/aromatic N) is 2. The van der Waals surface area contributed by atoms with Crippen LogP contribution in [0.15, 0.2) is 23.3 Å². The third-order valence-electron chi connectivity index (χ3n) is 4.08. The minimum atomic E-state index is 0. The van der Waals surface area contributed by atoms with E-state index in [4.69, 9.17) is 4.74 Å². The Kier molecular flexibility index (Phi) is 6.28. The zero-order chi connectivity index (χ0) is 14.7. The van der Waals surface area contributed by atoms with Crippen LogP contribution in [0.5, 0.6) is 5.88 Å². The molecule has 5 nitrogen and oxygen atoms in total. The van der Waals surface area contributed by atoms with Gasteiger partial charge >= 0.3 is 0 Å². The van der Waals surface area contributed by atoms with Gasteiger partial charge in [0.2, 0.25) is 5.88 Å². The minimum absolute atomic E-state index is 0. The Morgan fingerprint density at radius 2 is 2.18 bits per heavy atom. The fraction of sp³-hybridized carbons (Fsp3) is 0.625. The molecule has 0 radical (unpaired) electrons. The fourth-order valence-electron chi connectivity index (χ4n) is 2.17. The van der Waals surface area contributed by atoms with Gasteiger partial charge in [0, 0.05) is 31.9 Å². The topological polar surface area (TPSA) is 58.5 Å². The molecule has 2 atom stereocenters.